The van der Waals surface area contributed by atoms with Crippen molar-refractivity contribution >= 4 is 5.69 Å². The molecule has 8 heteroatoms. The normalized spacial score (nSPS) is 11.5. The molecule has 0 saturated heterocycles. The molecule has 0 fully saturated rings. The molecule has 0 amide bonds. The van der Waals surface area contributed by atoms with Gasteiger partial charge in [0.2, 0.25) is 5.82 Å². The molecule has 0 aliphatic rings. The predicted molar refractivity (Wildman–Crippen MR) is 63.5 cm³/mol. The second-order valence-electron chi connectivity index (χ2n) is 4.06. The SMILES string of the molecule is O=[N+]([O-])c1ccc(-c2ccccc2F)c(C(F)(F)F)c1F. The Morgan fingerprint density at radius 1 is 0.952 bits per heavy atom. The van der Waals surface area contributed by atoms with Crippen LogP contribution in [-0.4, -0.2) is 4.92 Å². The summed E-state index contributed by atoms with van der Waals surface area (Å²) in [5.41, 5.74) is -4.45. The van der Waals surface area contributed by atoms with E-state index >= 15 is 0 Å². The van der Waals surface area contributed by atoms with E-state index in [-0.39, 0.29) is 0 Å². The summed E-state index contributed by atoms with van der Waals surface area (Å²) in [4.78, 5) is 9.27. The van der Waals surface area contributed by atoms with Crippen molar-refractivity contribution in [1.29, 1.82) is 0 Å². The summed E-state index contributed by atoms with van der Waals surface area (Å²) in [7, 11) is 0. The van der Waals surface area contributed by atoms with Crippen molar-refractivity contribution in [1.82, 2.24) is 0 Å². The second-order valence-corrected chi connectivity index (χ2v) is 4.06. The van der Waals surface area contributed by atoms with Crippen molar-refractivity contribution in [3.05, 3.63) is 63.7 Å². The molecule has 2 aromatic carbocycles. The summed E-state index contributed by atoms with van der Waals surface area (Å²) >= 11 is 0. The third-order valence-corrected chi connectivity index (χ3v) is 2.77. The number of nitrogens with zero attached hydrogens (tertiary/aromatic N) is 1. The van der Waals surface area contributed by atoms with Crippen molar-refractivity contribution in [2.75, 3.05) is 0 Å². The monoisotopic (exact) mass is 303 g/mol. The lowest BCUT2D eigenvalue weighted by atomic mass is 9.97. The van der Waals surface area contributed by atoms with Crippen LogP contribution in [0.15, 0.2) is 36.4 Å². The Hall–Kier alpha value is -2.51. The Bertz CT molecular complexity index is 712. The topological polar surface area (TPSA) is 43.1 Å². The number of hydrogen-bond donors (Lipinski definition) is 0. The number of benzene rings is 2. The Morgan fingerprint density at radius 3 is 2.10 bits per heavy atom. The van der Waals surface area contributed by atoms with E-state index in [1.807, 2.05) is 0 Å². The van der Waals surface area contributed by atoms with Crippen molar-refractivity contribution in [2.24, 2.45) is 0 Å². The Balaban J connectivity index is 2.82. The maximum absolute atomic E-state index is 13.8. The smallest absolute Gasteiger partial charge is 0.258 e. The van der Waals surface area contributed by atoms with Gasteiger partial charge in [-0.25, -0.2) is 4.39 Å². The third kappa shape index (κ3) is 2.69. The Morgan fingerprint density at radius 2 is 1.57 bits per heavy atom. The molecule has 21 heavy (non-hydrogen) atoms. The van der Waals surface area contributed by atoms with E-state index in [4.69, 9.17) is 0 Å². The van der Waals surface area contributed by atoms with Crippen molar-refractivity contribution < 1.29 is 26.9 Å². The number of alkyl halides is 3. The first-order valence-electron chi connectivity index (χ1n) is 5.52. The number of rotatable bonds is 2. The van der Waals surface area contributed by atoms with Gasteiger partial charge < -0.3 is 0 Å². The van der Waals surface area contributed by atoms with Gasteiger partial charge in [-0.05, 0) is 12.1 Å². The number of nitro benzene ring substituents is 1. The van der Waals surface area contributed by atoms with Gasteiger partial charge in [-0.15, -0.1) is 0 Å². The van der Waals surface area contributed by atoms with E-state index < -0.39 is 45.1 Å². The molecule has 2 aromatic rings. The summed E-state index contributed by atoms with van der Waals surface area (Å²) in [6, 6.07) is 5.74. The minimum absolute atomic E-state index is 0.487. The molecule has 0 unspecified atom stereocenters. The molecule has 3 nitrogen and oxygen atoms in total. The fourth-order valence-electron chi connectivity index (χ4n) is 1.89. The van der Waals surface area contributed by atoms with Crippen LogP contribution >= 0.6 is 0 Å². The summed E-state index contributed by atoms with van der Waals surface area (Å²) in [5.74, 6) is -3.02. The van der Waals surface area contributed by atoms with Crippen LogP contribution in [0.3, 0.4) is 0 Å². The van der Waals surface area contributed by atoms with Crippen molar-refractivity contribution in [2.45, 2.75) is 6.18 Å². The lowest BCUT2D eigenvalue weighted by molar-refractivity contribution is -0.387. The minimum Gasteiger partial charge on any atom is -0.258 e. The van der Waals surface area contributed by atoms with E-state index in [9.17, 15) is 32.1 Å². The summed E-state index contributed by atoms with van der Waals surface area (Å²) < 4.78 is 66.4. The van der Waals surface area contributed by atoms with Gasteiger partial charge in [0.05, 0.1) is 4.92 Å². The van der Waals surface area contributed by atoms with E-state index in [0.717, 1.165) is 12.1 Å². The molecule has 0 saturated carbocycles. The highest BCUT2D eigenvalue weighted by atomic mass is 19.4. The first-order chi connectivity index (χ1) is 9.73. The molecule has 0 aliphatic heterocycles. The molecule has 0 aliphatic carbocycles. The maximum atomic E-state index is 13.8. The quantitative estimate of drug-likeness (QED) is 0.464. The largest absolute Gasteiger partial charge is 0.420 e. The minimum atomic E-state index is -5.20. The summed E-state index contributed by atoms with van der Waals surface area (Å²) in [6.45, 7) is 0. The lowest BCUT2D eigenvalue weighted by Gasteiger charge is -2.14. The van der Waals surface area contributed by atoms with Crippen LogP contribution in [0.1, 0.15) is 5.56 Å². The first-order valence-corrected chi connectivity index (χ1v) is 5.52. The second kappa shape index (κ2) is 5.12. The van der Waals surface area contributed by atoms with Gasteiger partial charge in [0, 0.05) is 17.2 Å². The highest BCUT2D eigenvalue weighted by molar-refractivity contribution is 5.70. The van der Waals surface area contributed by atoms with Crippen LogP contribution in [0.2, 0.25) is 0 Å². The highest BCUT2D eigenvalue weighted by Gasteiger charge is 2.40. The van der Waals surface area contributed by atoms with Crippen LogP contribution in [-0.2, 0) is 6.18 Å². The van der Waals surface area contributed by atoms with Gasteiger partial charge in [-0.3, -0.25) is 10.1 Å². The van der Waals surface area contributed by atoms with Gasteiger partial charge in [0.25, 0.3) is 0 Å². The zero-order valence-corrected chi connectivity index (χ0v) is 10.1. The molecular weight excluding hydrogens is 297 g/mol. The molecule has 110 valence electrons. The van der Waals surface area contributed by atoms with Crippen LogP contribution in [0.4, 0.5) is 27.6 Å². The van der Waals surface area contributed by atoms with Crippen LogP contribution < -0.4 is 0 Å². The molecule has 0 radical (unpaired) electrons. The number of nitro groups is 1. The van der Waals surface area contributed by atoms with Crippen molar-refractivity contribution in [3.8, 4) is 11.1 Å². The van der Waals surface area contributed by atoms with Gasteiger partial charge in [0.15, 0.2) is 0 Å². The van der Waals surface area contributed by atoms with Gasteiger partial charge >= 0.3 is 11.9 Å². The highest BCUT2D eigenvalue weighted by Crippen LogP contribution is 2.42. The molecule has 0 N–H and O–H groups in total. The lowest BCUT2D eigenvalue weighted by Crippen LogP contribution is -2.12. The van der Waals surface area contributed by atoms with Gasteiger partial charge in [-0.1, -0.05) is 18.2 Å². The molecule has 0 atom stereocenters. The predicted octanol–water partition coefficient (Wildman–Crippen LogP) is 4.56. The molecule has 0 bridgehead atoms. The fourth-order valence-corrected chi connectivity index (χ4v) is 1.89. The van der Waals surface area contributed by atoms with Gasteiger partial charge in [0.1, 0.15) is 11.4 Å². The standard InChI is InChI=1S/C13H6F5NO2/c14-9-4-2-1-3-7(9)8-5-6-10(19(20)21)12(15)11(8)13(16,17)18/h1-6H. The maximum Gasteiger partial charge on any atom is 0.420 e. The average molecular weight is 303 g/mol. The molecule has 0 heterocycles. The van der Waals surface area contributed by atoms with Crippen LogP contribution in [0.25, 0.3) is 11.1 Å². The van der Waals surface area contributed by atoms with E-state index in [2.05, 4.69) is 0 Å². The summed E-state index contributed by atoms with van der Waals surface area (Å²) in [6.07, 6.45) is -5.20. The van der Waals surface area contributed by atoms with E-state index in [0.29, 0.717) is 12.1 Å². The zero-order chi connectivity index (χ0) is 15.8. The van der Waals surface area contributed by atoms with Crippen molar-refractivity contribution in [3.63, 3.8) is 0 Å². The molecule has 0 aromatic heterocycles. The fraction of sp³-hybridized carbons (Fsp3) is 0.0769. The Labute approximate surface area is 114 Å². The zero-order valence-electron chi connectivity index (χ0n) is 10.1. The molecule has 0 spiro atoms. The van der Waals surface area contributed by atoms with Crippen LogP contribution in [0, 0.1) is 21.7 Å². The Kier molecular flexibility index (Phi) is 3.63. The molecular formula is C13H6F5NO2. The van der Waals surface area contributed by atoms with E-state index in [1.54, 1.807) is 0 Å². The molecule has 2 rings (SSSR count). The average Bonchev–Trinajstić information content (AvgIpc) is 2.36. The van der Waals surface area contributed by atoms with E-state index in [1.165, 1.54) is 12.1 Å². The third-order valence-electron chi connectivity index (χ3n) is 2.77. The van der Waals surface area contributed by atoms with Crippen LogP contribution in [0.5, 0.6) is 0 Å². The summed E-state index contributed by atoms with van der Waals surface area (Å²) in [5, 5.41) is 10.5. The first kappa shape index (κ1) is 14.9. The number of halogens is 5. The van der Waals surface area contributed by atoms with Gasteiger partial charge in [-0.2, -0.15) is 17.6 Å². The number of hydrogen-bond acceptors (Lipinski definition) is 2.